The highest BCUT2D eigenvalue weighted by Crippen LogP contribution is 2.64. The Labute approximate surface area is 395 Å². The van der Waals surface area contributed by atoms with Crippen molar-refractivity contribution in [3.8, 4) is 45.2 Å². The summed E-state index contributed by atoms with van der Waals surface area (Å²) in [6.07, 6.45) is 4.80. The van der Waals surface area contributed by atoms with E-state index in [1.54, 1.807) is 59.1 Å². The standard InChI is InChI=1S/C56H32N4O2S4/c1-55(2)41-21-43-27(17-31(63-43)13-15-37-45(29(23-57)24-58)33-9-5-7-11-35(33)49(37)61)19-39(41)51-47(55)53-54(65-51)48-52(66-53)40-20-28-18-32(64-44(28)22-42(40)56(48,3)4)14-16-38-46(30(25-59)26-60)34-10-6-8-12-36(34)50(38)62/h5-12,15-22H,13-14H2,1-4H3/b37-15-,38-16-. The molecule has 0 atom stereocenters. The number of hydrogen-bond donors (Lipinski definition) is 0. The number of allylic oxidation sites excluding steroid dienone is 8. The number of hydrogen-bond acceptors (Lipinski definition) is 10. The smallest absolute Gasteiger partial charge is 0.194 e. The number of nitrogens with zero attached hydrogens (tertiary/aromatic N) is 4. The molecule has 0 radical (unpaired) electrons. The fourth-order valence-electron chi connectivity index (χ4n) is 10.8. The lowest BCUT2D eigenvalue weighted by Gasteiger charge is -2.22. The number of carbonyl (C=O) groups is 2. The van der Waals surface area contributed by atoms with Crippen LogP contribution in [0, 0.1) is 45.3 Å². The van der Waals surface area contributed by atoms with Crippen LogP contribution < -0.4 is 0 Å². The lowest BCUT2D eigenvalue weighted by Crippen LogP contribution is -2.15. The second kappa shape index (κ2) is 14.1. The number of fused-ring (bicyclic) bond motifs is 13. The monoisotopic (exact) mass is 920 g/mol. The number of nitriles is 4. The normalized spacial score (nSPS) is 16.8. The van der Waals surface area contributed by atoms with Gasteiger partial charge in [-0.3, -0.25) is 9.59 Å². The van der Waals surface area contributed by atoms with E-state index in [1.165, 1.54) is 72.7 Å². The van der Waals surface area contributed by atoms with Gasteiger partial charge in [-0.05, 0) is 91.7 Å². The molecule has 0 N–H and O–H groups in total. The van der Waals surface area contributed by atoms with Crippen LogP contribution in [0.4, 0.5) is 0 Å². The van der Waals surface area contributed by atoms with Crippen LogP contribution in [-0.2, 0) is 23.7 Å². The minimum absolute atomic E-state index is 0.0484. The number of thiophene rings is 4. The topological polar surface area (TPSA) is 129 Å². The number of carbonyl (C=O) groups excluding carboxylic acids is 2. The Morgan fingerprint density at radius 2 is 0.894 bits per heavy atom. The van der Waals surface area contributed by atoms with E-state index in [2.05, 4.69) is 64.1 Å². The zero-order chi connectivity index (χ0) is 45.6. The first kappa shape index (κ1) is 40.2. The third-order valence-electron chi connectivity index (χ3n) is 13.9. The van der Waals surface area contributed by atoms with Gasteiger partial charge in [-0.25, -0.2) is 0 Å². The molecule has 0 saturated carbocycles. The van der Waals surface area contributed by atoms with E-state index in [0.29, 0.717) is 57.4 Å². The quantitative estimate of drug-likeness (QED) is 0.128. The maximum atomic E-state index is 13.5. The molecule has 0 amide bonds. The van der Waals surface area contributed by atoms with Crippen molar-refractivity contribution in [3.63, 3.8) is 0 Å². The highest BCUT2D eigenvalue weighted by atomic mass is 32.1. The highest BCUT2D eigenvalue weighted by molar-refractivity contribution is 7.32. The molecule has 10 heteroatoms. The van der Waals surface area contributed by atoms with Crippen molar-refractivity contribution >= 4 is 97.6 Å². The van der Waals surface area contributed by atoms with Crippen molar-refractivity contribution in [1.82, 2.24) is 0 Å². The molecule has 6 nitrogen and oxygen atoms in total. The zero-order valence-electron chi connectivity index (χ0n) is 35.9. The second-order valence-electron chi connectivity index (χ2n) is 18.2. The molecule has 0 fully saturated rings. The van der Waals surface area contributed by atoms with Crippen LogP contribution in [0.2, 0.25) is 0 Å². The van der Waals surface area contributed by atoms with Gasteiger partial charge in [0.1, 0.15) is 35.4 Å². The van der Waals surface area contributed by atoms with Crippen molar-refractivity contribution in [1.29, 1.82) is 21.0 Å². The first-order valence-corrected chi connectivity index (χ1v) is 24.7. The molecule has 8 aromatic rings. The summed E-state index contributed by atoms with van der Waals surface area (Å²) in [6, 6.07) is 36.3. The molecule has 0 saturated heterocycles. The first-order valence-electron chi connectivity index (χ1n) is 21.4. The fourth-order valence-corrected chi connectivity index (χ4v) is 16.5. The van der Waals surface area contributed by atoms with E-state index in [1.807, 2.05) is 71.2 Å². The summed E-state index contributed by atoms with van der Waals surface area (Å²) in [4.78, 5) is 32.0. The van der Waals surface area contributed by atoms with Gasteiger partial charge in [-0.1, -0.05) is 88.4 Å². The Morgan fingerprint density at radius 1 is 0.515 bits per heavy atom. The van der Waals surface area contributed by atoms with Gasteiger partial charge in [0.15, 0.2) is 11.6 Å². The van der Waals surface area contributed by atoms with Crippen LogP contribution in [0.15, 0.2) is 119 Å². The first-order chi connectivity index (χ1) is 31.9. The third kappa shape index (κ3) is 5.39. The largest absolute Gasteiger partial charge is 0.289 e. The molecular weight excluding hydrogens is 889 g/mol. The third-order valence-corrected chi connectivity index (χ3v) is 18.7. The minimum atomic E-state index is -0.222. The Balaban J connectivity index is 0.882. The summed E-state index contributed by atoms with van der Waals surface area (Å²) in [5.74, 6) is -0.306. The molecular formula is C56H32N4O2S4. The molecule has 66 heavy (non-hydrogen) atoms. The molecule has 0 bridgehead atoms. The van der Waals surface area contributed by atoms with Crippen LogP contribution in [0.25, 0.3) is 61.6 Å². The predicted molar refractivity (Wildman–Crippen MR) is 267 cm³/mol. The molecule has 0 spiro atoms. The summed E-state index contributed by atoms with van der Waals surface area (Å²) in [7, 11) is 0. The summed E-state index contributed by atoms with van der Waals surface area (Å²) >= 11 is 7.29. The highest BCUT2D eigenvalue weighted by Gasteiger charge is 2.45. The Kier molecular flexibility index (Phi) is 8.60. The van der Waals surface area contributed by atoms with Crippen molar-refractivity contribution in [3.05, 3.63) is 174 Å². The van der Waals surface area contributed by atoms with Crippen LogP contribution in [0.5, 0.6) is 0 Å². The SMILES string of the molecule is CC1(C)c2cc3sc(C/C=C4\C(=O)c5ccccc5C4=C(C#N)C#N)cc3cc2-c2sc3c4c(sc3c21)-c1cc2cc(C/C=C3\C(=O)c5ccccc5C3=C(C#N)C#N)sc2cc1C4(C)C. The average Bonchev–Trinajstić information content (AvgIpc) is 4.19. The zero-order valence-corrected chi connectivity index (χ0v) is 39.2. The van der Waals surface area contributed by atoms with Crippen molar-refractivity contribution in [2.45, 2.75) is 51.4 Å². The van der Waals surface area contributed by atoms with Gasteiger partial charge >= 0.3 is 0 Å². The summed E-state index contributed by atoms with van der Waals surface area (Å²) in [6.45, 7) is 9.39. The molecule has 4 aromatic heterocycles. The van der Waals surface area contributed by atoms with Crippen LogP contribution in [0.1, 0.15) is 91.5 Å². The maximum absolute atomic E-state index is 13.5. The molecule has 0 aliphatic heterocycles. The van der Waals surface area contributed by atoms with E-state index >= 15 is 0 Å². The molecule has 12 rings (SSSR count). The predicted octanol–water partition coefficient (Wildman–Crippen LogP) is 14.3. The van der Waals surface area contributed by atoms with E-state index in [-0.39, 0.29) is 33.5 Å². The van der Waals surface area contributed by atoms with Crippen molar-refractivity contribution in [2.24, 2.45) is 0 Å². The van der Waals surface area contributed by atoms with Gasteiger partial charge in [-0.2, -0.15) is 21.0 Å². The van der Waals surface area contributed by atoms with Gasteiger partial charge in [0, 0.05) is 86.0 Å². The van der Waals surface area contributed by atoms with Gasteiger partial charge in [0.05, 0.1) is 9.40 Å². The number of ketones is 2. The second-order valence-corrected chi connectivity index (χ2v) is 22.5. The van der Waals surface area contributed by atoms with Gasteiger partial charge in [0.2, 0.25) is 0 Å². The summed E-state index contributed by atoms with van der Waals surface area (Å²) in [5, 5.41) is 41.4. The number of benzene rings is 4. The van der Waals surface area contributed by atoms with Crippen LogP contribution in [-0.4, -0.2) is 11.6 Å². The lowest BCUT2D eigenvalue weighted by atomic mass is 9.81. The summed E-state index contributed by atoms with van der Waals surface area (Å²) in [5.41, 5.74) is 11.5. The Morgan fingerprint density at radius 3 is 1.27 bits per heavy atom. The number of rotatable bonds is 4. The van der Waals surface area contributed by atoms with Crippen molar-refractivity contribution < 1.29 is 9.59 Å². The molecule has 4 aliphatic carbocycles. The Hall–Kier alpha value is -7.28. The van der Waals surface area contributed by atoms with Crippen LogP contribution >= 0.6 is 45.3 Å². The van der Waals surface area contributed by atoms with Gasteiger partial charge in [0.25, 0.3) is 0 Å². The summed E-state index contributed by atoms with van der Waals surface area (Å²) < 4.78 is 5.12. The Bertz CT molecular complexity index is 3680. The molecule has 4 aliphatic rings. The van der Waals surface area contributed by atoms with E-state index in [0.717, 1.165) is 9.75 Å². The fraction of sp³-hybridized carbons (Fsp3) is 0.143. The van der Waals surface area contributed by atoms with E-state index in [4.69, 9.17) is 0 Å². The molecule has 4 heterocycles. The lowest BCUT2D eigenvalue weighted by molar-refractivity contribution is 0.103. The van der Waals surface area contributed by atoms with Gasteiger partial charge < -0.3 is 0 Å². The van der Waals surface area contributed by atoms with Gasteiger partial charge in [-0.15, -0.1) is 45.3 Å². The van der Waals surface area contributed by atoms with E-state index < -0.39 is 0 Å². The molecule has 4 aromatic carbocycles. The number of Topliss-reactive ketones (excluding diaryl/α,β-unsaturated/α-hetero) is 2. The van der Waals surface area contributed by atoms with Crippen molar-refractivity contribution in [2.75, 3.05) is 0 Å². The average molecular weight is 921 g/mol. The maximum Gasteiger partial charge on any atom is 0.194 e. The minimum Gasteiger partial charge on any atom is -0.289 e. The van der Waals surface area contributed by atoms with Crippen LogP contribution in [0.3, 0.4) is 0 Å². The molecule has 312 valence electrons. The molecule has 0 unspecified atom stereocenters. The van der Waals surface area contributed by atoms with E-state index in [9.17, 15) is 30.6 Å².